The van der Waals surface area contributed by atoms with Gasteiger partial charge in [-0.1, -0.05) is 0 Å². The molecule has 0 aromatic heterocycles. The van der Waals surface area contributed by atoms with Gasteiger partial charge in [0.05, 0.1) is 0 Å². The van der Waals surface area contributed by atoms with E-state index in [0.29, 0.717) is 17.9 Å². The third kappa shape index (κ3) is 1.32. The molecule has 1 aliphatic heterocycles. The lowest BCUT2D eigenvalue weighted by Gasteiger charge is -2.06. The number of amides is 1. The highest BCUT2D eigenvalue weighted by molar-refractivity contribution is 5.78. The standard InChI is InChI=1S/C8H14N2O2/c1-12-4-7(11)10-8-5-2-9-3-6(5)8/h5-6,8-9H,2-4H2,1H3,(H,10,11). The third-order valence-corrected chi connectivity index (χ3v) is 2.69. The third-order valence-electron chi connectivity index (χ3n) is 2.69. The molecule has 0 aromatic carbocycles. The zero-order valence-corrected chi connectivity index (χ0v) is 7.17. The summed E-state index contributed by atoms with van der Waals surface area (Å²) >= 11 is 0. The predicted octanol–water partition coefficient (Wildman–Crippen LogP) is -1.03. The molecule has 2 rings (SSSR count). The Labute approximate surface area is 71.7 Å². The summed E-state index contributed by atoms with van der Waals surface area (Å²) in [6.45, 7) is 2.30. The number of nitrogens with one attached hydrogen (secondary N) is 2. The van der Waals surface area contributed by atoms with Crippen LogP contribution in [0.2, 0.25) is 0 Å². The molecule has 12 heavy (non-hydrogen) atoms. The summed E-state index contributed by atoms with van der Waals surface area (Å²) in [5.74, 6) is 1.38. The minimum absolute atomic E-state index is 0.0110. The fourth-order valence-electron chi connectivity index (χ4n) is 1.99. The number of carbonyl (C=O) groups is 1. The molecule has 2 atom stereocenters. The first-order chi connectivity index (χ1) is 5.83. The van der Waals surface area contributed by atoms with Gasteiger partial charge in [-0.05, 0) is 11.8 Å². The first-order valence-electron chi connectivity index (χ1n) is 4.32. The van der Waals surface area contributed by atoms with Gasteiger partial charge in [0.25, 0.3) is 0 Å². The molecule has 0 aromatic rings. The highest BCUT2D eigenvalue weighted by Gasteiger charge is 2.53. The van der Waals surface area contributed by atoms with Crippen LogP contribution < -0.4 is 10.6 Å². The van der Waals surface area contributed by atoms with Gasteiger partial charge >= 0.3 is 0 Å². The van der Waals surface area contributed by atoms with Gasteiger partial charge in [-0.2, -0.15) is 0 Å². The molecule has 1 saturated carbocycles. The lowest BCUT2D eigenvalue weighted by atomic mass is 10.4. The summed E-state index contributed by atoms with van der Waals surface area (Å²) in [6, 6.07) is 0.425. The van der Waals surface area contributed by atoms with Gasteiger partial charge in [0.2, 0.25) is 5.91 Å². The van der Waals surface area contributed by atoms with E-state index in [9.17, 15) is 4.79 Å². The number of hydrogen-bond donors (Lipinski definition) is 2. The van der Waals surface area contributed by atoms with Crippen molar-refractivity contribution in [3.8, 4) is 0 Å². The van der Waals surface area contributed by atoms with Crippen molar-refractivity contribution >= 4 is 5.91 Å². The van der Waals surface area contributed by atoms with E-state index in [1.165, 1.54) is 7.11 Å². The van der Waals surface area contributed by atoms with E-state index in [4.69, 9.17) is 4.74 Å². The van der Waals surface area contributed by atoms with Crippen molar-refractivity contribution in [3.05, 3.63) is 0 Å². The molecule has 0 radical (unpaired) electrons. The van der Waals surface area contributed by atoms with E-state index >= 15 is 0 Å². The molecule has 1 heterocycles. The Balaban J connectivity index is 1.72. The number of piperidine rings is 1. The molecular weight excluding hydrogens is 156 g/mol. The number of carbonyl (C=O) groups excluding carboxylic acids is 1. The number of ether oxygens (including phenoxy) is 1. The summed E-state index contributed by atoms with van der Waals surface area (Å²) in [4.78, 5) is 11.1. The van der Waals surface area contributed by atoms with Crippen molar-refractivity contribution in [2.75, 3.05) is 26.8 Å². The van der Waals surface area contributed by atoms with Crippen LogP contribution in [0.15, 0.2) is 0 Å². The van der Waals surface area contributed by atoms with Crippen LogP contribution in [0.5, 0.6) is 0 Å². The number of methoxy groups -OCH3 is 1. The van der Waals surface area contributed by atoms with Gasteiger partial charge in [0.15, 0.2) is 0 Å². The van der Waals surface area contributed by atoms with Crippen molar-refractivity contribution in [1.29, 1.82) is 0 Å². The fraction of sp³-hybridized carbons (Fsp3) is 0.875. The molecular formula is C8H14N2O2. The first-order valence-corrected chi connectivity index (χ1v) is 4.32. The smallest absolute Gasteiger partial charge is 0.246 e. The van der Waals surface area contributed by atoms with E-state index < -0.39 is 0 Å². The molecule has 0 spiro atoms. The Hall–Kier alpha value is -0.610. The van der Waals surface area contributed by atoms with E-state index in [-0.39, 0.29) is 12.5 Å². The Morgan fingerprint density at radius 2 is 2.25 bits per heavy atom. The van der Waals surface area contributed by atoms with Crippen molar-refractivity contribution in [3.63, 3.8) is 0 Å². The number of fused-ring (bicyclic) bond motifs is 1. The summed E-state index contributed by atoms with van der Waals surface area (Å²) in [5, 5.41) is 6.23. The molecule has 2 unspecified atom stereocenters. The maximum absolute atomic E-state index is 11.1. The summed E-state index contributed by atoms with van der Waals surface area (Å²) in [5.41, 5.74) is 0. The molecule has 1 amide bonds. The monoisotopic (exact) mass is 170 g/mol. The van der Waals surface area contributed by atoms with Gasteiger partial charge < -0.3 is 15.4 Å². The van der Waals surface area contributed by atoms with Crippen molar-refractivity contribution in [2.24, 2.45) is 11.8 Å². The maximum Gasteiger partial charge on any atom is 0.246 e. The molecule has 2 aliphatic rings. The zero-order valence-electron chi connectivity index (χ0n) is 7.17. The average Bonchev–Trinajstić information content (AvgIpc) is 2.51. The Bertz CT molecular complexity index is 185. The zero-order chi connectivity index (χ0) is 8.55. The normalized spacial score (nSPS) is 37.6. The number of rotatable bonds is 3. The lowest BCUT2D eigenvalue weighted by molar-refractivity contribution is -0.125. The Kier molecular flexibility index (Phi) is 2.02. The first kappa shape index (κ1) is 8.01. The average molecular weight is 170 g/mol. The van der Waals surface area contributed by atoms with Crippen LogP contribution >= 0.6 is 0 Å². The molecule has 2 N–H and O–H groups in total. The van der Waals surface area contributed by atoms with Gasteiger partial charge in [0.1, 0.15) is 6.61 Å². The van der Waals surface area contributed by atoms with Gasteiger partial charge in [-0.25, -0.2) is 0 Å². The topological polar surface area (TPSA) is 50.4 Å². The van der Waals surface area contributed by atoms with E-state index in [1.54, 1.807) is 0 Å². The summed E-state index contributed by atoms with van der Waals surface area (Å²) in [7, 11) is 1.54. The summed E-state index contributed by atoms with van der Waals surface area (Å²) in [6.07, 6.45) is 0. The molecule has 0 bridgehead atoms. The van der Waals surface area contributed by atoms with Crippen LogP contribution in [0.25, 0.3) is 0 Å². The van der Waals surface area contributed by atoms with Crippen molar-refractivity contribution in [2.45, 2.75) is 6.04 Å². The highest BCUT2D eigenvalue weighted by atomic mass is 16.5. The van der Waals surface area contributed by atoms with Crippen molar-refractivity contribution < 1.29 is 9.53 Å². The second-order valence-electron chi connectivity index (χ2n) is 3.51. The Morgan fingerprint density at radius 1 is 1.58 bits per heavy atom. The molecule has 68 valence electrons. The van der Waals surface area contributed by atoms with E-state index in [1.807, 2.05) is 0 Å². The quantitative estimate of drug-likeness (QED) is 0.569. The van der Waals surface area contributed by atoms with Crippen LogP contribution in [0, 0.1) is 11.8 Å². The number of hydrogen-bond acceptors (Lipinski definition) is 3. The fourth-order valence-corrected chi connectivity index (χ4v) is 1.99. The molecule has 1 aliphatic carbocycles. The van der Waals surface area contributed by atoms with E-state index in [2.05, 4.69) is 10.6 Å². The second kappa shape index (κ2) is 3.03. The van der Waals surface area contributed by atoms with E-state index in [0.717, 1.165) is 13.1 Å². The maximum atomic E-state index is 11.1. The molecule has 4 nitrogen and oxygen atoms in total. The van der Waals surface area contributed by atoms with Gasteiger partial charge in [-0.3, -0.25) is 4.79 Å². The molecule has 1 saturated heterocycles. The van der Waals surface area contributed by atoms with Crippen LogP contribution in [-0.2, 0) is 9.53 Å². The SMILES string of the molecule is COCC(=O)NC1C2CNCC21. The molecule has 4 heteroatoms. The predicted molar refractivity (Wildman–Crippen MR) is 43.7 cm³/mol. The van der Waals surface area contributed by atoms with Crippen LogP contribution in [-0.4, -0.2) is 38.8 Å². The van der Waals surface area contributed by atoms with Crippen LogP contribution in [0.3, 0.4) is 0 Å². The minimum atomic E-state index is 0.0110. The minimum Gasteiger partial charge on any atom is -0.375 e. The Morgan fingerprint density at radius 3 is 2.83 bits per heavy atom. The van der Waals surface area contributed by atoms with Gasteiger partial charge in [0, 0.05) is 26.2 Å². The lowest BCUT2D eigenvalue weighted by Crippen LogP contribution is -2.34. The second-order valence-corrected chi connectivity index (χ2v) is 3.51. The largest absolute Gasteiger partial charge is 0.375 e. The summed E-state index contributed by atoms with van der Waals surface area (Å²) < 4.78 is 4.73. The molecule has 2 fully saturated rings. The van der Waals surface area contributed by atoms with Crippen LogP contribution in [0.4, 0.5) is 0 Å². The highest BCUT2D eigenvalue weighted by Crippen LogP contribution is 2.41. The van der Waals surface area contributed by atoms with Crippen LogP contribution in [0.1, 0.15) is 0 Å². The van der Waals surface area contributed by atoms with Gasteiger partial charge in [-0.15, -0.1) is 0 Å². The van der Waals surface area contributed by atoms with Crippen molar-refractivity contribution in [1.82, 2.24) is 10.6 Å².